The Bertz CT molecular complexity index is 1350. The summed E-state index contributed by atoms with van der Waals surface area (Å²) in [5, 5.41) is 3.25. The van der Waals surface area contributed by atoms with Crippen molar-refractivity contribution in [3.8, 4) is 5.75 Å². The fourth-order valence-electron chi connectivity index (χ4n) is 7.38. The normalized spacial score (nSPS) is 23.5. The van der Waals surface area contributed by atoms with E-state index in [0.717, 1.165) is 25.7 Å². The highest BCUT2D eigenvalue weighted by Gasteiger charge is 2.45. The molecule has 1 saturated heterocycles. The van der Waals surface area contributed by atoms with Crippen LogP contribution >= 0.6 is 0 Å². The summed E-state index contributed by atoms with van der Waals surface area (Å²) < 4.78 is 17.1. The third-order valence-electron chi connectivity index (χ3n) is 10.1. The second-order valence-electron chi connectivity index (χ2n) is 15.7. The highest BCUT2D eigenvalue weighted by Crippen LogP contribution is 2.43. The minimum Gasteiger partial charge on any atom is -0.476 e. The maximum absolute atomic E-state index is 14.6. The van der Waals surface area contributed by atoms with Crippen LogP contribution in [0.25, 0.3) is 0 Å². The van der Waals surface area contributed by atoms with Gasteiger partial charge in [0, 0.05) is 51.1 Å². The molecule has 1 aromatic carbocycles. The second-order valence-corrected chi connectivity index (χ2v) is 15.7. The standard InChI is InChI=1S/C37H56N4O7/c1-24(25-12-9-8-10-13-25)38-32(42)26-20-27(23-39(22-26)35(45)48-36(2,3)4)33(43)41(28-14-15-28)29-16-17-31-30(21-29)40(18-11-19-46-7)34(44)37(5,6)47-31/h16-17,21,24-28H,8-15,18-20,22-23H2,1-7H3,(H,38,42)/t24-,26+,27-/m1/s1. The van der Waals surface area contributed by atoms with E-state index in [1.807, 2.05) is 43.9 Å². The summed E-state index contributed by atoms with van der Waals surface area (Å²) in [6.07, 6.45) is 7.99. The molecule has 4 aliphatic rings. The molecular weight excluding hydrogens is 612 g/mol. The molecule has 3 fully saturated rings. The van der Waals surface area contributed by atoms with Crippen LogP contribution in [0.5, 0.6) is 5.75 Å². The number of benzene rings is 1. The number of anilines is 2. The predicted octanol–water partition coefficient (Wildman–Crippen LogP) is 5.68. The van der Waals surface area contributed by atoms with E-state index >= 15 is 0 Å². The van der Waals surface area contributed by atoms with Crippen molar-refractivity contribution in [1.82, 2.24) is 10.2 Å². The summed E-state index contributed by atoms with van der Waals surface area (Å²) in [6.45, 7) is 12.4. The molecule has 0 aromatic heterocycles. The Balaban J connectivity index is 1.41. The summed E-state index contributed by atoms with van der Waals surface area (Å²) in [5.41, 5.74) is -0.437. The number of hydrogen-bond acceptors (Lipinski definition) is 7. The molecule has 0 bridgehead atoms. The summed E-state index contributed by atoms with van der Waals surface area (Å²) in [4.78, 5) is 60.3. The lowest BCUT2D eigenvalue weighted by atomic mass is 9.83. The number of likely N-dealkylation sites (tertiary alicyclic amines) is 1. The second kappa shape index (κ2) is 14.6. The number of nitrogens with zero attached hydrogens (tertiary/aromatic N) is 3. The predicted molar refractivity (Wildman–Crippen MR) is 184 cm³/mol. The Morgan fingerprint density at radius 3 is 2.40 bits per heavy atom. The Labute approximate surface area is 286 Å². The number of hydrogen-bond donors (Lipinski definition) is 1. The van der Waals surface area contributed by atoms with Crippen LogP contribution in [0.2, 0.25) is 0 Å². The molecule has 48 heavy (non-hydrogen) atoms. The molecule has 2 saturated carbocycles. The fourth-order valence-corrected chi connectivity index (χ4v) is 7.38. The van der Waals surface area contributed by atoms with E-state index in [1.165, 1.54) is 24.2 Å². The van der Waals surface area contributed by atoms with Gasteiger partial charge in [-0.05, 0) is 104 Å². The summed E-state index contributed by atoms with van der Waals surface area (Å²) in [6, 6.07) is 5.62. The van der Waals surface area contributed by atoms with E-state index in [4.69, 9.17) is 14.2 Å². The Morgan fingerprint density at radius 1 is 1.06 bits per heavy atom. The van der Waals surface area contributed by atoms with E-state index < -0.39 is 29.1 Å². The Hall–Kier alpha value is -3.34. The van der Waals surface area contributed by atoms with Crippen LogP contribution in [-0.2, 0) is 23.9 Å². The van der Waals surface area contributed by atoms with Crippen molar-refractivity contribution in [2.24, 2.45) is 17.8 Å². The first-order chi connectivity index (χ1) is 22.7. The minimum atomic E-state index is -1.02. The van der Waals surface area contributed by atoms with Gasteiger partial charge in [-0.1, -0.05) is 19.3 Å². The van der Waals surface area contributed by atoms with E-state index in [1.54, 1.807) is 25.9 Å². The lowest BCUT2D eigenvalue weighted by Crippen LogP contribution is -2.55. The number of nitrogens with one attached hydrogen (secondary N) is 1. The number of fused-ring (bicyclic) bond motifs is 1. The quantitative estimate of drug-likeness (QED) is 0.319. The molecule has 1 aromatic rings. The summed E-state index contributed by atoms with van der Waals surface area (Å²) in [7, 11) is 1.64. The van der Waals surface area contributed by atoms with Gasteiger partial charge in [-0.3, -0.25) is 14.4 Å². The van der Waals surface area contributed by atoms with Crippen molar-refractivity contribution < 1.29 is 33.4 Å². The van der Waals surface area contributed by atoms with Crippen LogP contribution in [0.15, 0.2) is 18.2 Å². The molecule has 0 spiro atoms. The number of carbonyl (C=O) groups is 4. The third-order valence-corrected chi connectivity index (χ3v) is 10.1. The largest absolute Gasteiger partial charge is 0.476 e. The van der Waals surface area contributed by atoms with E-state index in [-0.39, 0.29) is 42.9 Å². The molecule has 3 atom stereocenters. The average Bonchev–Trinajstić information content (AvgIpc) is 3.87. The zero-order valence-corrected chi connectivity index (χ0v) is 30.0. The summed E-state index contributed by atoms with van der Waals surface area (Å²) in [5.74, 6) is -0.506. The maximum atomic E-state index is 14.6. The molecule has 0 radical (unpaired) electrons. The van der Waals surface area contributed by atoms with Gasteiger partial charge in [0.1, 0.15) is 11.4 Å². The zero-order valence-electron chi connectivity index (χ0n) is 30.0. The smallest absolute Gasteiger partial charge is 0.410 e. The van der Waals surface area contributed by atoms with Gasteiger partial charge in [-0.2, -0.15) is 0 Å². The van der Waals surface area contributed by atoms with Crippen molar-refractivity contribution >= 4 is 35.2 Å². The van der Waals surface area contributed by atoms with E-state index in [2.05, 4.69) is 12.2 Å². The minimum absolute atomic E-state index is 0.00430. The van der Waals surface area contributed by atoms with Crippen LogP contribution in [0, 0.1) is 17.8 Å². The molecule has 11 nitrogen and oxygen atoms in total. The number of rotatable bonds is 10. The van der Waals surface area contributed by atoms with Gasteiger partial charge in [0.25, 0.3) is 5.91 Å². The third kappa shape index (κ3) is 8.44. The van der Waals surface area contributed by atoms with Crippen LogP contribution in [0.1, 0.15) is 99.3 Å². The molecule has 2 heterocycles. The first-order valence-electron chi connectivity index (χ1n) is 17.9. The first kappa shape index (κ1) is 36.0. The van der Waals surface area contributed by atoms with Crippen molar-refractivity contribution in [2.75, 3.05) is 43.2 Å². The molecular formula is C37H56N4O7. The van der Waals surface area contributed by atoms with Crippen molar-refractivity contribution in [1.29, 1.82) is 0 Å². The molecule has 266 valence electrons. The monoisotopic (exact) mass is 668 g/mol. The van der Waals surface area contributed by atoms with Gasteiger partial charge in [-0.15, -0.1) is 0 Å². The molecule has 0 unspecified atom stereocenters. The molecule has 11 heteroatoms. The van der Waals surface area contributed by atoms with Crippen LogP contribution < -0.4 is 19.9 Å². The number of methoxy groups -OCH3 is 1. The van der Waals surface area contributed by atoms with Gasteiger partial charge < -0.3 is 34.2 Å². The van der Waals surface area contributed by atoms with Gasteiger partial charge in [0.05, 0.1) is 17.5 Å². The molecule has 2 aliphatic carbocycles. The maximum Gasteiger partial charge on any atom is 0.410 e. The highest BCUT2D eigenvalue weighted by molar-refractivity contribution is 6.04. The first-order valence-corrected chi connectivity index (χ1v) is 17.9. The number of ether oxygens (including phenoxy) is 3. The molecule has 5 rings (SSSR count). The van der Waals surface area contributed by atoms with Crippen molar-refractivity contribution in [2.45, 2.75) is 123 Å². The van der Waals surface area contributed by atoms with Crippen molar-refractivity contribution in [3.05, 3.63) is 18.2 Å². The van der Waals surface area contributed by atoms with Gasteiger partial charge in [0.15, 0.2) is 5.60 Å². The average molecular weight is 669 g/mol. The summed E-state index contributed by atoms with van der Waals surface area (Å²) >= 11 is 0. The van der Waals surface area contributed by atoms with Crippen molar-refractivity contribution in [3.63, 3.8) is 0 Å². The molecule has 2 aliphatic heterocycles. The van der Waals surface area contributed by atoms with Gasteiger partial charge in [-0.25, -0.2) is 4.79 Å². The number of piperidine rings is 1. The van der Waals surface area contributed by atoms with Gasteiger partial charge >= 0.3 is 6.09 Å². The Morgan fingerprint density at radius 2 is 1.75 bits per heavy atom. The Kier molecular flexibility index (Phi) is 11.0. The topological polar surface area (TPSA) is 118 Å². The highest BCUT2D eigenvalue weighted by atomic mass is 16.6. The molecule has 1 N–H and O–H groups in total. The zero-order chi connectivity index (χ0) is 34.8. The van der Waals surface area contributed by atoms with Crippen LogP contribution in [0.3, 0.4) is 0 Å². The molecule has 4 amide bonds. The van der Waals surface area contributed by atoms with Crippen LogP contribution in [0.4, 0.5) is 16.2 Å². The fraction of sp³-hybridized carbons (Fsp3) is 0.730. The van der Waals surface area contributed by atoms with E-state index in [9.17, 15) is 19.2 Å². The number of carbonyl (C=O) groups excluding carboxylic acids is 4. The van der Waals surface area contributed by atoms with Gasteiger partial charge in [0.2, 0.25) is 11.8 Å². The lowest BCUT2D eigenvalue weighted by molar-refractivity contribution is -0.133. The lowest BCUT2D eigenvalue weighted by Gasteiger charge is -2.41. The SMILES string of the molecule is COCCCN1C(=O)C(C)(C)Oc2ccc(N(C(=O)[C@@H]3C[C@H](C(=O)N[C@H](C)C4CCCCC4)CN(C(=O)OC(C)(C)C)C3)C3CC3)cc21. The number of amides is 4. The van der Waals surface area contributed by atoms with E-state index in [0.29, 0.717) is 49.0 Å². The van der Waals surface area contributed by atoms with Crippen LogP contribution in [-0.4, -0.2) is 85.4 Å².